The van der Waals surface area contributed by atoms with Crippen molar-refractivity contribution in [3.63, 3.8) is 0 Å². The summed E-state index contributed by atoms with van der Waals surface area (Å²) >= 11 is 1.32. The van der Waals surface area contributed by atoms with Gasteiger partial charge in [-0.3, -0.25) is 4.79 Å². The summed E-state index contributed by atoms with van der Waals surface area (Å²) in [5.41, 5.74) is 1.48. The third-order valence-electron chi connectivity index (χ3n) is 3.00. The van der Waals surface area contributed by atoms with Crippen LogP contribution in [0.15, 0.2) is 58.3 Å². The van der Waals surface area contributed by atoms with Crippen LogP contribution >= 0.6 is 11.8 Å². The summed E-state index contributed by atoms with van der Waals surface area (Å²) in [6, 6.07) is 14.1. The fourth-order valence-electron chi connectivity index (χ4n) is 1.99. The lowest BCUT2D eigenvalue weighted by Crippen LogP contribution is -2.23. The van der Waals surface area contributed by atoms with Crippen molar-refractivity contribution in [3.8, 4) is 0 Å². The van der Waals surface area contributed by atoms with Gasteiger partial charge < -0.3 is 15.2 Å². The first kappa shape index (κ1) is 13.5. The van der Waals surface area contributed by atoms with Crippen molar-refractivity contribution in [1.29, 1.82) is 0 Å². The fourth-order valence-corrected chi connectivity index (χ4v) is 2.92. The number of hydrogen-bond donors (Lipinski definition) is 1. The van der Waals surface area contributed by atoms with Crippen LogP contribution in [-0.4, -0.2) is 11.9 Å². The predicted octanol–water partition coefficient (Wildman–Crippen LogP) is 2.14. The molecule has 1 amide bonds. The number of carbonyl (C=O) groups excluding carboxylic acids is 2. The van der Waals surface area contributed by atoms with E-state index in [-0.39, 0.29) is 11.5 Å². The number of amides is 1. The van der Waals surface area contributed by atoms with Gasteiger partial charge in [0.1, 0.15) is 0 Å². The smallest absolute Gasteiger partial charge is 0.262 e. The van der Waals surface area contributed by atoms with Crippen molar-refractivity contribution in [1.82, 2.24) is 0 Å². The number of carboxylic acid groups (broad SMARTS) is 1. The van der Waals surface area contributed by atoms with Crippen LogP contribution in [0.4, 0.5) is 5.69 Å². The van der Waals surface area contributed by atoms with E-state index >= 15 is 0 Å². The first-order chi connectivity index (χ1) is 10.1. The Bertz CT molecular complexity index is 753. The largest absolute Gasteiger partial charge is 0.545 e. The number of fused-ring (bicyclic) bond motifs is 1. The fraction of sp³-hybridized carbons (Fsp3) is 0. The Hall–Kier alpha value is -2.53. The van der Waals surface area contributed by atoms with Crippen molar-refractivity contribution in [2.75, 3.05) is 5.32 Å². The predicted molar refractivity (Wildman–Crippen MR) is 79.7 cm³/mol. The van der Waals surface area contributed by atoms with Gasteiger partial charge in [0.15, 0.2) is 0 Å². The molecule has 3 rings (SSSR count). The Balaban J connectivity index is 1.94. The lowest BCUT2D eigenvalue weighted by atomic mass is 10.2. The van der Waals surface area contributed by atoms with E-state index < -0.39 is 5.97 Å². The SMILES string of the molecule is O=C1Nc2cc(C(=O)[O-])ccc2SC1=Cc1ccccc1. The topological polar surface area (TPSA) is 69.2 Å². The van der Waals surface area contributed by atoms with E-state index in [9.17, 15) is 14.7 Å². The highest BCUT2D eigenvalue weighted by Crippen LogP contribution is 2.39. The van der Waals surface area contributed by atoms with Crippen LogP contribution in [0, 0.1) is 0 Å². The zero-order valence-electron chi connectivity index (χ0n) is 10.8. The van der Waals surface area contributed by atoms with Gasteiger partial charge in [-0.05, 0) is 29.3 Å². The first-order valence-electron chi connectivity index (χ1n) is 6.25. The summed E-state index contributed by atoms with van der Waals surface area (Å²) in [5, 5.41) is 13.5. The molecule has 0 spiro atoms. The summed E-state index contributed by atoms with van der Waals surface area (Å²) in [6.07, 6.45) is 1.80. The molecule has 0 bridgehead atoms. The summed E-state index contributed by atoms with van der Waals surface area (Å²) in [4.78, 5) is 24.3. The van der Waals surface area contributed by atoms with Gasteiger partial charge >= 0.3 is 0 Å². The molecule has 1 aliphatic heterocycles. The molecule has 0 radical (unpaired) electrons. The molecule has 1 N–H and O–H groups in total. The van der Waals surface area contributed by atoms with Gasteiger partial charge in [0.05, 0.1) is 16.6 Å². The number of benzene rings is 2. The van der Waals surface area contributed by atoms with Crippen LogP contribution in [0.1, 0.15) is 15.9 Å². The van der Waals surface area contributed by atoms with Crippen LogP contribution in [0.2, 0.25) is 0 Å². The maximum atomic E-state index is 12.1. The van der Waals surface area contributed by atoms with E-state index in [0.29, 0.717) is 10.6 Å². The second kappa shape index (κ2) is 5.46. The molecule has 0 saturated heterocycles. The van der Waals surface area contributed by atoms with Crippen LogP contribution < -0.4 is 10.4 Å². The molecule has 0 unspecified atom stereocenters. The Morgan fingerprint density at radius 1 is 1.14 bits per heavy atom. The molecule has 0 aliphatic carbocycles. The number of rotatable bonds is 2. The minimum atomic E-state index is -1.26. The van der Waals surface area contributed by atoms with Crippen LogP contribution in [0.3, 0.4) is 0 Å². The van der Waals surface area contributed by atoms with Gasteiger partial charge in [-0.15, -0.1) is 0 Å². The number of carbonyl (C=O) groups is 2. The third-order valence-corrected chi connectivity index (χ3v) is 4.10. The molecule has 0 saturated carbocycles. The molecule has 0 fully saturated rings. The highest BCUT2D eigenvalue weighted by atomic mass is 32.2. The van der Waals surface area contributed by atoms with Gasteiger partial charge in [0.2, 0.25) is 0 Å². The molecule has 2 aromatic carbocycles. The second-order valence-electron chi connectivity index (χ2n) is 4.47. The van der Waals surface area contributed by atoms with E-state index in [4.69, 9.17) is 0 Å². The summed E-state index contributed by atoms with van der Waals surface area (Å²) in [7, 11) is 0. The van der Waals surface area contributed by atoms with Gasteiger partial charge in [0.25, 0.3) is 5.91 Å². The molecule has 0 aromatic heterocycles. The standard InChI is InChI=1S/C16H11NO3S/c18-15-14(8-10-4-2-1-3-5-10)21-13-7-6-11(16(19)20)9-12(13)17-15/h1-9H,(H,17,18)(H,19,20)/p-1. The van der Waals surface area contributed by atoms with Crippen molar-refractivity contribution < 1.29 is 14.7 Å². The van der Waals surface area contributed by atoms with E-state index in [0.717, 1.165) is 10.5 Å². The number of anilines is 1. The van der Waals surface area contributed by atoms with Crippen LogP contribution in [-0.2, 0) is 4.79 Å². The number of nitrogens with one attached hydrogen (secondary N) is 1. The third kappa shape index (κ3) is 2.83. The van der Waals surface area contributed by atoms with Crippen molar-refractivity contribution in [2.45, 2.75) is 4.90 Å². The normalized spacial score (nSPS) is 15.4. The lowest BCUT2D eigenvalue weighted by molar-refractivity contribution is -0.255. The van der Waals surface area contributed by atoms with E-state index in [1.54, 1.807) is 12.1 Å². The quantitative estimate of drug-likeness (QED) is 0.862. The van der Waals surface area contributed by atoms with Gasteiger partial charge in [-0.25, -0.2) is 0 Å². The minimum absolute atomic E-state index is 0.0464. The summed E-state index contributed by atoms with van der Waals surface area (Å²) < 4.78 is 0. The molecule has 2 aromatic rings. The summed E-state index contributed by atoms with van der Waals surface area (Å²) in [6.45, 7) is 0. The van der Waals surface area contributed by atoms with Gasteiger partial charge in [-0.1, -0.05) is 48.2 Å². The van der Waals surface area contributed by atoms with Crippen LogP contribution in [0.5, 0.6) is 0 Å². The average Bonchev–Trinajstić information content (AvgIpc) is 2.48. The lowest BCUT2D eigenvalue weighted by Gasteiger charge is -2.19. The van der Waals surface area contributed by atoms with Gasteiger partial charge in [0, 0.05) is 4.90 Å². The maximum absolute atomic E-state index is 12.1. The molecule has 5 heteroatoms. The molecule has 104 valence electrons. The maximum Gasteiger partial charge on any atom is 0.262 e. The molecule has 1 heterocycles. The molecule has 4 nitrogen and oxygen atoms in total. The highest BCUT2D eigenvalue weighted by Gasteiger charge is 2.21. The van der Waals surface area contributed by atoms with Crippen LogP contribution in [0.25, 0.3) is 6.08 Å². The molecular weight excluding hydrogens is 286 g/mol. The molecule has 0 atom stereocenters. The number of carboxylic acids is 1. The average molecular weight is 296 g/mol. The van der Waals surface area contributed by atoms with Crippen molar-refractivity contribution in [2.24, 2.45) is 0 Å². The highest BCUT2D eigenvalue weighted by molar-refractivity contribution is 8.04. The Morgan fingerprint density at radius 3 is 2.62 bits per heavy atom. The van der Waals surface area contributed by atoms with E-state index in [2.05, 4.69) is 5.32 Å². The number of hydrogen-bond acceptors (Lipinski definition) is 4. The monoisotopic (exact) mass is 296 g/mol. The van der Waals surface area contributed by atoms with E-state index in [1.807, 2.05) is 30.3 Å². The molecular formula is C16H10NO3S-. The Morgan fingerprint density at radius 2 is 1.90 bits per heavy atom. The first-order valence-corrected chi connectivity index (χ1v) is 7.06. The zero-order chi connectivity index (χ0) is 14.8. The Kier molecular flexibility index (Phi) is 3.50. The molecule has 1 aliphatic rings. The number of aromatic carboxylic acids is 1. The zero-order valence-corrected chi connectivity index (χ0v) is 11.6. The second-order valence-corrected chi connectivity index (χ2v) is 5.56. The van der Waals surface area contributed by atoms with E-state index in [1.165, 1.54) is 23.9 Å². The Labute approximate surface area is 125 Å². The van der Waals surface area contributed by atoms with Gasteiger partial charge in [-0.2, -0.15) is 0 Å². The number of thioether (sulfide) groups is 1. The van der Waals surface area contributed by atoms with Crippen molar-refractivity contribution >= 4 is 35.4 Å². The summed E-state index contributed by atoms with van der Waals surface area (Å²) in [5.74, 6) is -1.51. The molecule has 21 heavy (non-hydrogen) atoms. The van der Waals surface area contributed by atoms with Crippen molar-refractivity contribution in [3.05, 3.63) is 64.6 Å². The minimum Gasteiger partial charge on any atom is -0.545 e.